The predicted octanol–water partition coefficient (Wildman–Crippen LogP) is 2.11. The van der Waals surface area contributed by atoms with Crippen molar-refractivity contribution < 1.29 is 4.79 Å². The number of piperidine rings is 1. The summed E-state index contributed by atoms with van der Waals surface area (Å²) < 4.78 is 1.85. The molecule has 3 rings (SSSR count). The summed E-state index contributed by atoms with van der Waals surface area (Å²) in [5, 5.41) is 0. The maximum atomic E-state index is 12.7. The molecule has 1 amide bonds. The number of nitrogens with zero attached hydrogens (tertiary/aromatic N) is 2. The molecule has 1 fully saturated rings. The molecule has 0 bridgehead atoms. The second kappa shape index (κ2) is 7.44. The summed E-state index contributed by atoms with van der Waals surface area (Å²) in [6.07, 6.45) is 2.43. The smallest absolute Gasteiger partial charge is 0.326 e. The van der Waals surface area contributed by atoms with Crippen molar-refractivity contribution in [1.82, 2.24) is 14.5 Å². The molecule has 1 aliphatic heterocycles. The number of likely N-dealkylation sites (tertiary alicyclic amines) is 1. The first kappa shape index (κ1) is 17.7. The quantitative estimate of drug-likeness (QED) is 0.871. The number of hydrogen-bond acceptors (Lipinski definition) is 3. The molecule has 6 nitrogen and oxygen atoms in total. The number of carbonyl (C=O) groups excluding carboxylic acids is 1. The van der Waals surface area contributed by atoms with Crippen LogP contribution in [0.2, 0.25) is 0 Å². The van der Waals surface area contributed by atoms with Crippen LogP contribution in [0, 0.1) is 11.8 Å². The summed E-state index contributed by atoms with van der Waals surface area (Å²) in [5.41, 5.74) is 7.56. The molecular formula is C19H28N4O2. The Morgan fingerprint density at radius 3 is 2.60 bits per heavy atom. The fraction of sp³-hybridized carbons (Fsp3) is 0.579. The lowest BCUT2D eigenvalue weighted by molar-refractivity contribution is -0.137. The van der Waals surface area contributed by atoms with E-state index in [0.717, 1.165) is 30.3 Å². The monoisotopic (exact) mass is 344 g/mol. The molecule has 1 aromatic heterocycles. The summed E-state index contributed by atoms with van der Waals surface area (Å²) in [6, 6.07) is 7.89. The normalized spacial score (nSPS) is 17.4. The lowest BCUT2D eigenvalue weighted by atomic mass is 9.94. The fourth-order valence-electron chi connectivity index (χ4n) is 3.91. The van der Waals surface area contributed by atoms with Crippen molar-refractivity contribution in [1.29, 1.82) is 0 Å². The first-order valence-electron chi connectivity index (χ1n) is 9.19. The van der Waals surface area contributed by atoms with Gasteiger partial charge in [0, 0.05) is 25.7 Å². The average molecular weight is 344 g/mol. The molecule has 6 heteroatoms. The van der Waals surface area contributed by atoms with Crippen molar-refractivity contribution in [3.63, 3.8) is 0 Å². The average Bonchev–Trinajstić information content (AvgIpc) is 2.94. The van der Waals surface area contributed by atoms with E-state index < -0.39 is 0 Å². The van der Waals surface area contributed by atoms with Crippen molar-refractivity contribution in [2.75, 3.05) is 19.6 Å². The van der Waals surface area contributed by atoms with E-state index >= 15 is 0 Å². The molecule has 1 atom stereocenters. The predicted molar refractivity (Wildman–Crippen MR) is 99.4 cm³/mol. The second-order valence-electron chi connectivity index (χ2n) is 7.44. The zero-order valence-electron chi connectivity index (χ0n) is 15.1. The van der Waals surface area contributed by atoms with Crippen LogP contribution >= 0.6 is 0 Å². The molecule has 2 heterocycles. The van der Waals surface area contributed by atoms with Gasteiger partial charge in [-0.3, -0.25) is 9.36 Å². The van der Waals surface area contributed by atoms with E-state index in [-0.39, 0.29) is 23.6 Å². The molecule has 0 saturated carbocycles. The summed E-state index contributed by atoms with van der Waals surface area (Å²) in [4.78, 5) is 29.9. The molecule has 25 heavy (non-hydrogen) atoms. The lowest BCUT2D eigenvalue weighted by Crippen LogP contribution is -2.45. The van der Waals surface area contributed by atoms with Gasteiger partial charge in [0.2, 0.25) is 5.91 Å². The lowest BCUT2D eigenvalue weighted by Gasteiger charge is -2.34. The largest absolute Gasteiger partial charge is 0.342 e. The van der Waals surface area contributed by atoms with E-state index in [0.29, 0.717) is 25.6 Å². The van der Waals surface area contributed by atoms with Crippen LogP contribution < -0.4 is 11.4 Å². The van der Waals surface area contributed by atoms with Gasteiger partial charge in [0.1, 0.15) is 0 Å². The van der Waals surface area contributed by atoms with E-state index in [1.54, 1.807) is 0 Å². The Morgan fingerprint density at radius 2 is 1.96 bits per heavy atom. The molecule has 1 aliphatic rings. The van der Waals surface area contributed by atoms with Gasteiger partial charge in [0.05, 0.1) is 17.0 Å². The molecule has 1 unspecified atom stereocenters. The second-order valence-corrected chi connectivity index (χ2v) is 7.44. The zero-order valence-corrected chi connectivity index (χ0v) is 15.1. The number of hydrogen-bond donors (Lipinski definition) is 2. The van der Waals surface area contributed by atoms with Gasteiger partial charge < -0.3 is 15.6 Å². The van der Waals surface area contributed by atoms with E-state index in [1.807, 2.05) is 33.7 Å². The van der Waals surface area contributed by atoms with Crippen molar-refractivity contribution in [3.8, 4) is 0 Å². The van der Waals surface area contributed by atoms with Crippen LogP contribution in [0.25, 0.3) is 11.0 Å². The van der Waals surface area contributed by atoms with Crippen molar-refractivity contribution in [2.45, 2.75) is 39.2 Å². The summed E-state index contributed by atoms with van der Waals surface area (Å²) >= 11 is 0. The summed E-state index contributed by atoms with van der Waals surface area (Å²) in [6.45, 7) is 6.00. The third kappa shape index (κ3) is 3.63. The standard InChI is InChI=1S/C19H28N4O2/c1-13(2)11-14(12-20)18(24)22-9-7-15(8-10-22)23-17-6-4-3-5-16(17)21-19(23)25/h3-6,13-15H,7-12,20H2,1-2H3,(H,21,25). The molecular weight excluding hydrogens is 316 g/mol. The number of rotatable bonds is 5. The molecule has 3 N–H and O–H groups in total. The molecule has 1 saturated heterocycles. The van der Waals surface area contributed by atoms with Crippen LogP contribution in [0.4, 0.5) is 0 Å². The van der Waals surface area contributed by atoms with E-state index in [9.17, 15) is 9.59 Å². The Kier molecular flexibility index (Phi) is 5.27. The molecule has 1 aromatic carbocycles. The zero-order chi connectivity index (χ0) is 18.0. The summed E-state index contributed by atoms with van der Waals surface area (Å²) in [7, 11) is 0. The SMILES string of the molecule is CC(C)CC(CN)C(=O)N1CCC(n2c(=O)[nH]c3ccccc32)CC1. The molecule has 136 valence electrons. The number of para-hydroxylation sites is 2. The minimum absolute atomic E-state index is 0.0642. The Balaban J connectivity index is 1.70. The Bertz CT molecular complexity index is 784. The van der Waals surface area contributed by atoms with Crippen molar-refractivity contribution in [3.05, 3.63) is 34.7 Å². The highest BCUT2D eigenvalue weighted by atomic mass is 16.2. The number of aromatic amines is 1. The van der Waals surface area contributed by atoms with Crippen LogP contribution in [0.1, 0.15) is 39.2 Å². The highest BCUT2D eigenvalue weighted by Gasteiger charge is 2.29. The molecule has 0 spiro atoms. The van der Waals surface area contributed by atoms with Crippen molar-refractivity contribution >= 4 is 16.9 Å². The van der Waals surface area contributed by atoms with Gasteiger partial charge in [-0.05, 0) is 37.3 Å². The number of fused-ring (bicyclic) bond motifs is 1. The third-order valence-electron chi connectivity index (χ3n) is 5.15. The maximum absolute atomic E-state index is 12.7. The van der Waals surface area contributed by atoms with Crippen LogP contribution in [0.3, 0.4) is 0 Å². The van der Waals surface area contributed by atoms with Gasteiger partial charge in [0.25, 0.3) is 0 Å². The van der Waals surface area contributed by atoms with Gasteiger partial charge in [0.15, 0.2) is 0 Å². The maximum Gasteiger partial charge on any atom is 0.326 e. The molecule has 0 radical (unpaired) electrons. The number of aromatic nitrogens is 2. The topological polar surface area (TPSA) is 84.1 Å². The van der Waals surface area contributed by atoms with Crippen LogP contribution in [-0.4, -0.2) is 40.0 Å². The van der Waals surface area contributed by atoms with Gasteiger partial charge in [-0.2, -0.15) is 0 Å². The fourth-order valence-corrected chi connectivity index (χ4v) is 3.91. The first-order chi connectivity index (χ1) is 12.0. The van der Waals surface area contributed by atoms with Gasteiger partial charge in [-0.25, -0.2) is 4.79 Å². The molecule has 2 aromatic rings. The Hall–Kier alpha value is -2.08. The number of nitrogens with one attached hydrogen (secondary N) is 1. The first-order valence-corrected chi connectivity index (χ1v) is 9.19. The highest BCUT2D eigenvalue weighted by Crippen LogP contribution is 2.26. The number of H-pyrrole nitrogens is 1. The minimum Gasteiger partial charge on any atom is -0.342 e. The third-order valence-corrected chi connectivity index (χ3v) is 5.15. The van der Waals surface area contributed by atoms with E-state index in [1.165, 1.54) is 0 Å². The van der Waals surface area contributed by atoms with E-state index in [2.05, 4.69) is 18.8 Å². The van der Waals surface area contributed by atoms with E-state index in [4.69, 9.17) is 5.73 Å². The summed E-state index contributed by atoms with van der Waals surface area (Å²) in [5.74, 6) is 0.535. The van der Waals surface area contributed by atoms with Gasteiger partial charge in [-0.1, -0.05) is 26.0 Å². The minimum atomic E-state index is -0.0904. The number of imidazole rings is 1. The highest BCUT2D eigenvalue weighted by molar-refractivity contribution is 5.79. The van der Waals surface area contributed by atoms with Crippen molar-refractivity contribution in [2.24, 2.45) is 17.6 Å². The number of amides is 1. The number of nitrogens with two attached hydrogens (primary N) is 1. The Labute approximate surface area is 148 Å². The Morgan fingerprint density at radius 1 is 1.28 bits per heavy atom. The number of benzene rings is 1. The van der Waals surface area contributed by atoms with Crippen LogP contribution in [-0.2, 0) is 4.79 Å². The van der Waals surface area contributed by atoms with Crippen LogP contribution in [0.5, 0.6) is 0 Å². The van der Waals surface area contributed by atoms with Gasteiger partial charge >= 0.3 is 5.69 Å². The van der Waals surface area contributed by atoms with Crippen LogP contribution in [0.15, 0.2) is 29.1 Å². The number of carbonyl (C=O) groups is 1. The van der Waals surface area contributed by atoms with Gasteiger partial charge in [-0.15, -0.1) is 0 Å². The molecule has 0 aliphatic carbocycles.